The van der Waals surface area contributed by atoms with Crippen LogP contribution < -0.4 is 15.0 Å². The van der Waals surface area contributed by atoms with Crippen LogP contribution in [0.1, 0.15) is 24.7 Å². The number of hydrogen-bond acceptors (Lipinski definition) is 10. The zero-order valence-electron chi connectivity index (χ0n) is 17.6. The van der Waals surface area contributed by atoms with Crippen molar-refractivity contribution in [3.8, 4) is 11.9 Å². The predicted octanol–water partition coefficient (Wildman–Crippen LogP) is 1.87. The largest absolute Gasteiger partial charge is 0.403 e. The molecule has 0 aliphatic carbocycles. The summed E-state index contributed by atoms with van der Waals surface area (Å²) < 4.78 is 5.75. The van der Waals surface area contributed by atoms with Gasteiger partial charge in [0.25, 0.3) is 0 Å². The number of aliphatic hydroxyl groups excluding tert-OH is 1. The predicted molar refractivity (Wildman–Crippen MR) is 116 cm³/mol. The summed E-state index contributed by atoms with van der Waals surface area (Å²) in [6, 6.07) is 9.58. The molecule has 0 bridgehead atoms. The van der Waals surface area contributed by atoms with Crippen molar-refractivity contribution in [3.63, 3.8) is 0 Å². The van der Waals surface area contributed by atoms with E-state index in [9.17, 15) is 5.11 Å². The van der Waals surface area contributed by atoms with Crippen LogP contribution in [0.3, 0.4) is 0 Å². The summed E-state index contributed by atoms with van der Waals surface area (Å²) in [6.07, 6.45) is 2.58. The number of hydrogen-bond donors (Lipinski definition) is 2. The molecular formula is C21H26N8O2. The molecule has 0 saturated carbocycles. The number of benzene rings is 1. The topological polar surface area (TPSA) is 112 Å². The Morgan fingerprint density at radius 3 is 2.48 bits per heavy atom. The second-order valence-electron chi connectivity index (χ2n) is 7.27. The van der Waals surface area contributed by atoms with E-state index in [1.54, 1.807) is 0 Å². The number of nitrogens with zero attached hydrogens (tertiary/aromatic N) is 7. The third-order valence-corrected chi connectivity index (χ3v) is 4.95. The average Bonchev–Trinajstić information content (AvgIpc) is 2.80. The Kier molecular flexibility index (Phi) is 6.48. The lowest BCUT2D eigenvalue weighted by Crippen LogP contribution is -2.45. The molecule has 10 heteroatoms. The molecule has 2 N–H and O–H groups in total. The van der Waals surface area contributed by atoms with Gasteiger partial charge in [0.1, 0.15) is 11.5 Å². The van der Waals surface area contributed by atoms with Crippen LogP contribution in [0.15, 0.2) is 42.7 Å². The fourth-order valence-electron chi connectivity index (χ4n) is 3.12. The molecule has 1 aromatic carbocycles. The quantitative estimate of drug-likeness (QED) is 0.547. The van der Waals surface area contributed by atoms with E-state index in [4.69, 9.17) is 4.74 Å². The highest BCUT2D eigenvalue weighted by Gasteiger charge is 2.19. The third-order valence-electron chi connectivity index (χ3n) is 4.95. The van der Waals surface area contributed by atoms with Gasteiger partial charge in [-0.1, -0.05) is 25.1 Å². The minimum absolute atomic E-state index is 0.186. The number of anilines is 2. The maximum absolute atomic E-state index is 10.3. The first kappa shape index (κ1) is 20.9. The first-order valence-corrected chi connectivity index (χ1v) is 10.3. The Morgan fingerprint density at radius 1 is 1.03 bits per heavy atom. The minimum atomic E-state index is -0.989. The maximum Gasteiger partial charge on any atom is 0.328 e. The Labute approximate surface area is 181 Å². The van der Waals surface area contributed by atoms with Gasteiger partial charge in [-0.25, -0.2) is 9.97 Å². The van der Waals surface area contributed by atoms with Gasteiger partial charge in [0, 0.05) is 38.3 Å². The van der Waals surface area contributed by atoms with Crippen LogP contribution >= 0.6 is 0 Å². The van der Waals surface area contributed by atoms with E-state index >= 15 is 0 Å². The molecule has 0 spiro atoms. The molecule has 4 rings (SSSR count). The summed E-state index contributed by atoms with van der Waals surface area (Å²) in [4.78, 5) is 26.3. The molecule has 1 aliphatic heterocycles. The number of likely N-dealkylation sites (N-methyl/N-ethyl adjacent to an activating group) is 1. The number of rotatable bonds is 7. The maximum atomic E-state index is 10.3. The Morgan fingerprint density at radius 2 is 1.81 bits per heavy atom. The van der Waals surface area contributed by atoms with Gasteiger partial charge in [-0.15, -0.1) is 0 Å². The van der Waals surface area contributed by atoms with E-state index in [0.29, 0.717) is 23.9 Å². The van der Waals surface area contributed by atoms with Crippen LogP contribution in [0, 0.1) is 0 Å². The van der Waals surface area contributed by atoms with Crippen molar-refractivity contribution in [2.45, 2.75) is 19.6 Å². The molecule has 0 radical (unpaired) electrons. The highest BCUT2D eigenvalue weighted by molar-refractivity contribution is 5.43. The van der Waals surface area contributed by atoms with Crippen molar-refractivity contribution < 1.29 is 9.84 Å². The second-order valence-corrected chi connectivity index (χ2v) is 7.27. The Balaban J connectivity index is 1.45. The number of aryl methyl sites for hydroxylation is 1. The summed E-state index contributed by atoms with van der Waals surface area (Å²) in [6.45, 7) is 5.60. The van der Waals surface area contributed by atoms with Gasteiger partial charge in [0.2, 0.25) is 11.8 Å². The molecule has 1 unspecified atom stereocenters. The lowest BCUT2D eigenvalue weighted by molar-refractivity contribution is 0.202. The molecule has 1 saturated heterocycles. The number of para-hydroxylation sites is 1. The molecule has 162 valence electrons. The molecule has 31 heavy (non-hydrogen) atoms. The minimum Gasteiger partial charge on any atom is -0.403 e. The molecule has 1 atom stereocenters. The van der Waals surface area contributed by atoms with Crippen molar-refractivity contribution in [2.75, 3.05) is 43.4 Å². The van der Waals surface area contributed by atoms with E-state index < -0.39 is 6.23 Å². The van der Waals surface area contributed by atoms with Crippen molar-refractivity contribution in [2.24, 2.45) is 0 Å². The molecule has 2 aromatic heterocycles. The van der Waals surface area contributed by atoms with Gasteiger partial charge >= 0.3 is 6.01 Å². The van der Waals surface area contributed by atoms with Crippen molar-refractivity contribution in [1.29, 1.82) is 0 Å². The molecule has 3 aromatic rings. The number of aromatic nitrogens is 5. The van der Waals surface area contributed by atoms with Crippen LogP contribution in [0.2, 0.25) is 0 Å². The highest BCUT2D eigenvalue weighted by Crippen LogP contribution is 2.20. The molecule has 1 fully saturated rings. The van der Waals surface area contributed by atoms with Gasteiger partial charge in [-0.2, -0.15) is 15.0 Å². The SMILES string of the molecule is CCc1nc(Oc2cnc(C(O)Nc3ccccc3)cn2)nc(N2CCN(C)CC2)n1. The normalized spacial score (nSPS) is 15.5. The van der Waals surface area contributed by atoms with Gasteiger partial charge in [-0.3, -0.25) is 0 Å². The van der Waals surface area contributed by atoms with Gasteiger partial charge in [0.15, 0.2) is 6.23 Å². The van der Waals surface area contributed by atoms with Gasteiger partial charge in [0.05, 0.1) is 12.4 Å². The van der Waals surface area contributed by atoms with E-state index in [1.165, 1.54) is 12.4 Å². The Hall–Kier alpha value is -3.37. The summed E-state index contributed by atoms with van der Waals surface area (Å²) >= 11 is 0. The summed E-state index contributed by atoms with van der Waals surface area (Å²) in [5.74, 6) is 1.52. The first-order valence-electron chi connectivity index (χ1n) is 10.3. The molecule has 10 nitrogen and oxygen atoms in total. The number of piperazine rings is 1. The number of aliphatic hydroxyl groups is 1. The standard InChI is InChI=1S/C21H26N8O2/c1-3-17-25-20(29-11-9-28(2)10-12-29)27-21(26-17)31-18-14-22-16(13-23-18)19(30)24-15-7-5-4-6-8-15/h4-8,13-14,19,24,30H,3,9-12H2,1-2H3. The van der Waals surface area contributed by atoms with E-state index in [1.807, 2.05) is 37.3 Å². The van der Waals surface area contributed by atoms with Crippen LogP contribution in [-0.4, -0.2) is 68.2 Å². The monoisotopic (exact) mass is 422 g/mol. The van der Waals surface area contributed by atoms with Crippen molar-refractivity contribution >= 4 is 11.6 Å². The van der Waals surface area contributed by atoms with Crippen molar-refractivity contribution in [1.82, 2.24) is 29.8 Å². The fraction of sp³-hybridized carbons (Fsp3) is 0.381. The van der Waals surface area contributed by atoms with E-state index in [0.717, 1.165) is 31.9 Å². The summed E-state index contributed by atoms with van der Waals surface area (Å²) in [5, 5.41) is 13.3. The fourth-order valence-corrected chi connectivity index (χ4v) is 3.12. The van der Waals surface area contributed by atoms with E-state index in [2.05, 4.69) is 47.1 Å². The zero-order valence-corrected chi connectivity index (χ0v) is 17.6. The van der Waals surface area contributed by atoms with Gasteiger partial charge < -0.3 is 25.0 Å². The third kappa shape index (κ3) is 5.41. The zero-order chi connectivity index (χ0) is 21.6. The second kappa shape index (κ2) is 9.63. The molecule has 3 heterocycles. The van der Waals surface area contributed by atoms with Crippen LogP contribution in [0.5, 0.6) is 11.9 Å². The lowest BCUT2D eigenvalue weighted by Gasteiger charge is -2.32. The molecule has 1 aliphatic rings. The summed E-state index contributed by atoms with van der Waals surface area (Å²) in [7, 11) is 2.10. The summed E-state index contributed by atoms with van der Waals surface area (Å²) in [5.41, 5.74) is 1.16. The van der Waals surface area contributed by atoms with Gasteiger partial charge in [-0.05, 0) is 19.2 Å². The lowest BCUT2D eigenvalue weighted by atomic mass is 10.3. The Bertz CT molecular complexity index is 978. The first-order chi connectivity index (χ1) is 15.1. The molecule has 0 amide bonds. The smallest absolute Gasteiger partial charge is 0.328 e. The number of nitrogens with one attached hydrogen (secondary N) is 1. The van der Waals surface area contributed by atoms with Crippen LogP contribution in [0.4, 0.5) is 11.6 Å². The molecular weight excluding hydrogens is 396 g/mol. The number of ether oxygens (including phenoxy) is 1. The highest BCUT2D eigenvalue weighted by atomic mass is 16.5. The average molecular weight is 422 g/mol. The van der Waals surface area contributed by atoms with Crippen LogP contribution in [0.25, 0.3) is 0 Å². The van der Waals surface area contributed by atoms with E-state index in [-0.39, 0.29) is 11.9 Å². The van der Waals surface area contributed by atoms with Crippen LogP contribution in [-0.2, 0) is 6.42 Å². The van der Waals surface area contributed by atoms with Crippen molar-refractivity contribution in [3.05, 3.63) is 54.2 Å².